The van der Waals surface area contributed by atoms with Gasteiger partial charge < -0.3 is 5.32 Å². The topological polar surface area (TPSA) is 73.0 Å². The van der Waals surface area contributed by atoms with Gasteiger partial charge in [-0.3, -0.25) is 10.1 Å². The smallest absolute Gasteiger partial charge is 0.317 e. The fourth-order valence-electron chi connectivity index (χ4n) is 1.86. The summed E-state index contributed by atoms with van der Waals surface area (Å²) in [5, 5.41) is 18.6. The van der Waals surface area contributed by atoms with Crippen molar-refractivity contribution in [2.24, 2.45) is 0 Å². The van der Waals surface area contributed by atoms with E-state index in [0.717, 1.165) is 12.1 Å². The van der Waals surface area contributed by atoms with E-state index in [1.807, 2.05) is 19.9 Å². The Morgan fingerprint density at radius 1 is 1.42 bits per heavy atom. The normalized spacial score (nSPS) is 10.4. The highest BCUT2D eigenvalue weighted by atomic mass is 16.6. The van der Waals surface area contributed by atoms with Crippen LogP contribution in [0.4, 0.5) is 11.4 Å². The lowest BCUT2D eigenvalue weighted by Gasteiger charge is -2.09. The highest BCUT2D eigenvalue weighted by molar-refractivity contribution is 5.70. The summed E-state index contributed by atoms with van der Waals surface area (Å²) in [5.74, 6) is 0. The van der Waals surface area contributed by atoms with Crippen molar-refractivity contribution in [3.8, 4) is 5.69 Å². The molecule has 2 aromatic rings. The molecule has 0 fully saturated rings. The van der Waals surface area contributed by atoms with Crippen LogP contribution in [0.1, 0.15) is 19.0 Å². The van der Waals surface area contributed by atoms with E-state index in [4.69, 9.17) is 0 Å². The van der Waals surface area contributed by atoms with Crippen LogP contribution in [0.3, 0.4) is 0 Å². The maximum atomic E-state index is 11.3. The van der Waals surface area contributed by atoms with Crippen LogP contribution in [-0.4, -0.2) is 21.2 Å². The standard InChI is InChI=1S/C13H16N4O2/c1-3-8-14-11-5-4-6-12(13(11)17(18)19)16-9-7-10(2)15-16/h4-7,9,14H,3,8H2,1-2H3. The molecule has 0 atom stereocenters. The monoisotopic (exact) mass is 260 g/mol. The van der Waals surface area contributed by atoms with Crippen LogP contribution in [-0.2, 0) is 0 Å². The average Bonchev–Trinajstić information content (AvgIpc) is 2.82. The average molecular weight is 260 g/mol. The Morgan fingerprint density at radius 3 is 2.79 bits per heavy atom. The van der Waals surface area contributed by atoms with Crippen molar-refractivity contribution in [2.45, 2.75) is 20.3 Å². The molecule has 2 rings (SSSR count). The number of hydrogen-bond acceptors (Lipinski definition) is 4. The van der Waals surface area contributed by atoms with Gasteiger partial charge in [0.15, 0.2) is 0 Å². The highest BCUT2D eigenvalue weighted by Crippen LogP contribution is 2.31. The lowest BCUT2D eigenvalue weighted by atomic mass is 10.2. The van der Waals surface area contributed by atoms with Gasteiger partial charge in [0.2, 0.25) is 0 Å². The first-order valence-electron chi connectivity index (χ1n) is 6.17. The third-order valence-electron chi connectivity index (χ3n) is 2.73. The molecule has 6 nitrogen and oxygen atoms in total. The molecule has 0 amide bonds. The number of nitro groups is 1. The van der Waals surface area contributed by atoms with Gasteiger partial charge in [-0.1, -0.05) is 13.0 Å². The molecule has 0 radical (unpaired) electrons. The number of aryl methyl sites for hydroxylation is 1. The highest BCUT2D eigenvalue weighted by Gasteiger charge is 2.21. The van der Waals surface area contributed by atoms with E-state index in [2.05, 4.69) is 10.4 Å². The first-order valence-corrected chi connectivity index (χ1v) is 6.17. The summed E-state index contributed by atoms with van der Waals surface area (Å²) >= 11 is 0. The fourth-order valence-corrected chi connectivity index (χ4v) is 1.86. The summed E-state index contributed by atoms with van der Waals surface area (Å²) in [6.07, 6.45) is 2.63. The Bertz CT molecular complexity index is 592. The molecule has 0 spiro atoms. The number of aromatic nitrogens is 2. The van der Waals surface area contributed by atoms with Crippen molar-refractivity contribution < 1.29 is 4.92 Å². The second kappa shape index (κ2) is 5.51. The molecule has 100 valence electrons. The summed E-state index contributed by atoms with van der Waals surface area (Å²) in [4.78, 5) is 10.9. The van der Waals surface area contributed by atoms with Crippen LogP contribution in [0.2, 0.25) is 0 Å². The number of nitrogens with one attached hydrogen (secondary N) is 1. The number of anilines is 1. The van der Waals surface area contributed by atoms with Crippen molar-refractivity contribution in [1.29, 1.82) is 0 Å². The van der Waals surface area contributed by atoms with Crippen LogP contribution in [0.25, 0.3) is 5.69 Å². The quantitative estimate of drug-likeness (QED) is 0.662. The van der Waals surface area contributed by atoms with Crippen LogP contribution in [0, 0.1) is 17.0 Å². The molecule has 0 unspecified atom stereocenters. The molecule has 1 N–H and O–H groups in total. The molecule has 0 aliphatic rings. The third-order valence-corrected chi connectivity index (χ3v) is 2.73. The van der Waals surface area contributed by atoms with Gasteiger partial charge in [0, 0.05) is 12.7 Å². The van der Waals surface area contributed by atoms with Crippen molar-refractivity contribution in [3.05, 3.63) is 46.3 Å². The Hall–Kier alpha value is -2.37. The second-order valence-corrected chi connectivity index (χ2v) is 4.26. The molecule has 1 aromatic heterocycles. The molecule has 1 aromatic carbocycles. The van der Waals surface area contributed by atoms with E-state index in [0.29, 0.717) is 17.9 Å². The van der Waals surface area contributed by atoms with E-state index in [1.165, 1.54) is 4.68 Å². The predicted octanol–water partition coefficient (Wildman–Crippen LogP) is 2.91. The minimum absolute atomic E-state index is 0.0547. The Morgan fingerprint density at radius 2 is 2.21 bits per heavy atom. The number of nitro benzene ring substituents is 1. The fraction of sp³-hybridized carbons (Fsp3) is 0.308. The lowest BCUT2D eigenvalue weighted by Crippen LogP contribution is -2.07. The number of hydrogen-bond donors (Lipinski definition) is 1. The largest absolute Gasteiger partial charge is 0.379 e. The minimum atomic E-state index is -0.371. The summed E-state index contributed by atoms with van der Waals surface area (Å²) < 4.78 is 1.53. The van der Waals surface area contributed by atoms with E-state index >= 15 is 0 Å². The molecule has 0 aliphatic heterocycles. The Labute approximate surface area is 111 Å². The third kappa shape index (κ3) is 2.73. The molecule has 6 heteroatoms. The van der Waals surface area contributed by atoms with Gasteiger partial charge in [-0.15, -0.1) is 0 Å². The van der Waals surface area contributed by atoms with Crippen molar-refractivity contribution in [1.82, 2.24) is 9.78 Å². The Kier molecular flexibility index (Phi) is 3.79. The van der Waals surface area contributed by atoms with Gasteiger partial charge in [-0.05, 0) is 31.5 Å². The van der Waals surface area contributed by atoms with Crippen molar-refractivity contribution in [3.63, 3.8) is 0 Å². The molecule has 0 bridgehead atoms. The maximum Gasteiger partial charge on any atom is 0.317 e. The zero-order valence-electron chi connectivity index (χ0n) is 11.0. The number of nitrogens with zero attached hydrogens (tertiary/aromatic N) is 3. The van der Waals surface area contributed by atoms with E-state index in [-0.39, 0.29) is 10.6 Å². The van der Waals surface area contributed by atoms with E-state index in [1.54, 1.807) is 24.4 Å². The van der Waals surface area contributed by atoms with Crippen LogP contribution in [0.15, 0.2) is 30.5 Å². The molecule has 0 saturated heterocycles. The first kappa shape index (κ1) is 13.1. The van der Waals surface area contributed by atoms with Crippen LogP contribution < -0.4 is 5.32 Å². The number of benzene rings is 1. The van der Waals surface area contributed by atoms with Crippen molar-refractivity contribution >= 4 is 11.4 Å². The predicted molar refractivity (Wildman–Crippen MR) is 73.7 cm³/mol. The van der Waals surface area contributed by atoms with Gasteiger partial charge in [0.05, 0.1) is 10.6 Å². The number of para-hydroxylation sites is 1. The molecule has 0 aliphatic carbocycles. The van der Waals surface area contributed by atoms with E-state index in [9.17, 15) is 10.1 Å². The second-order valence-electron chi connectivity index (χ2n) is 4.26. The summed E-state index contributed by atoms with van der Waals surface area (Å²) in [6, 6.07) is 7.02. The molecule has 19 heavy (non-hydrogen) atoms. The lowest BCUT2D eigenvalue weighted by molar-refractivity contribution is -0.383. The van der Waals surface area contributed by atoms with E-state index < -0.39 is 0 Å². The van der Waals surface area contributed by atoms with Crippen molar-refractivity contribution in [2.75, 3.05) is 11.9 Å². The number of rotatable bonds is 5. The zero-order valence-corrected chi connectivity index (χ0v) is 11.0. The zero-order chi connectivity index (χ0) is 13.8. The van der Waals surface area contributed by atoms with Gasteiger partial charge in [0.1, 0.15) is 11.4 Å². The van der Waals surface area contributed by atoms with Gasteiger partial charge in [0.25, 0.3) is 0 Å². The van der Waals surface area contributed by atoms with Gasteiger partial charge in [-0.2, -0.15) is 5.10 Å². The summed E-state index contributed by atoms with van der Waals surface area (Å²) in [6.45, 7) is 4.56. The van der Waals surface area contributed by atoms with Crippen LogP contribution >= 0.6 is 0 Å². The SMILES string of the molecule is CCCNc1cccc(-n2ccc(C)n2)c1[N+](=O)[O-]. The molecular formula is C13H16N4O2. The summed E-state index contributed by atoms with van der Waals surface area (Å²) in [5.41, 5.74) is 1.87. The molecule has 1 heterocycles. The van der Waals surface area contributed by atoms with Gasteiger partial charge >= 0.3 is 5.69 Å². The van der Waals surface area contributed by atoms with Gasteiger partial charge in [-0.25, -0.2) is 4.68 Å². The summed E-state index contributed by atoms with van der Waals surface area (Å²) in [7, 11) is 0. The maximum absolute atomic E-state index is 11.3. The van der Waals surface area contributed by atoms with Crippen LogP contribution in [0.5, 0.6) is 0 Å². The molecular weight excluding hydrogens is 244 g/mol. The Balaban J connectivity index is 2.51. The minimum Gasteiger partial charge on any atom is -0.379 e. The molecule has 0 saturated carbocycles. The first-order chi connectivity index (χ1) is 9.13.